The zero-order valence-electron chi connectivity index (χ0n) is 17.1. The van der Waals surface area contributed by atoms with Crippen molar-refractivity contribution in [2.24, 2.45) is 5.10 Å². The Hall–Kier alpha value is -2.99. The minimum atomic E-state index is -0.291. The van der Waals surface area contributed by atoms with Crippen molar-refractivity contribution in [3.63, 3.8) is 0 Å². The number of hydrazone groups is 1. The largest absolute Gasteiger partial charge is 0.342 e. The van der Waals surface area contributed by atoms with Gasteiger partial charge in [-0.2, -0.15) is 5.10 Å². The minimum Gasteiger partial charge on any atom is -0.342 e. The van der Waals surface area contributed by atoms with E-state index in [9.17, 15) is 9.18 Å². The van der Waals surface area contributed by atoms with Gasteiger partial charge in [-0.3, -0.25) is 9.69 Å². The number of hydrogen-bond acceptors (Lipinski definition) is 3. The van der Waals surface area contributed by atoms with Crippen molar-refractivity contribution in [2.45, 2.75) is 38.8 Å². The fourth-order valence-corrected chi connectivity index (χ4v) is 4.93. The Morgan fingerprint density at radius 3 is 2.90 bits per heavy atom. The summed E-state index contributed by atoms with van der Waals surface area (Å²) in [5.74, 6) is -0.415. The molecule has 2 aliphatic rings. The number of aromatic nitrogens is 1. The quantitative estimate of drug-likeness (QED) is 0.529. The topological polar surface area (TPSA) is 49.6 Å². The lowest BCUT2D eigenvalue weighted by atomic mass is 9.89. The first-order valence-electron chi connectivity index (χ1n) is 10.5. The Kier molecular flexibility index (Phi) is 4.87. The van der Waals surface area contributed by atoms with Crippen LogP contribution in [-0.2, 0) is 17.8 Å². The zero-order valence-corrected chi connectivity index (χ0v) is 17.1. The fourth-order valence-electron chi connectivity index (χ4n) is 4.93. The average molecular weight is 404 g/mol. The Morgan fingerprint density at radius 2 is 2.07 bits per heavy atom. The normalized spacial score (nSPS) is 18.7. The highest BCUT2D eigenvalue weighted by Crippen LogP contribution is 2.42. The van der Waals surface area contributed by atoms with Gasteiger partial charge in [-0.05, 0) is 61.6 Å². The molecule has 0 spiro atoms. The van der Waals surface area contributed by atoms with Crippen molar-refractivity contribution in [3.8, 4) is 0 Å². The van der Waals surface area contributed by atoms with E-state index in [1.807, 2.05) is 0 Å². The minimum absolute atomic E-state index is 0.124. The third-order valence-corrected chi connectivity index (χ3v) is 6.26. The molecule has 2 aromatic carbocycles. The summed E-state index contributed by atoms with van der Waals surface area (Å²) in [5.41, 5.74) is 8.84. The summed E-state index contributed by atoms with van der Waals surface area (Å²) in [6, 6.07) is 13.0. The first-order chi connectivity index (χ1) is 14.6. The maximum Gasteiger partial charge on any atom is 0.254 e. The van der Waals surface area contributed by atoms with E-state index >= 15 is 0 Å². The Balaban J connectivity index is 1.32. The van der Waals surface area contributed by atoms with Crippen LogP contribution in [0, 0.1) is 12.7 Å². The van der Waals surface area contributed by atoms with Gasteiger partial charge in [-0.15, -0.1) is 0 Å². The van der Waals surface area contributed by atoms with Crippen LogP contribution in [0.3, 0.4) is 0 Å². The number of fused-ring (bicyclic) bond motifs is 3. The van der Waals surface area contributed by atoms with Gasteiger partial charge in [-0.25, -0.2) is 9.82 Å². The van der Waals surface area contributed by atoms with Crippen molar-refractivity contribution in [2.75, 3.05) is 13.1 Å². The monoisotopic (exact) mass is 404 g/mol. The van der Waals surface area contributed by atoms with Gasteiger partial charge in [0.2, 0.25) is 0 Å². The Morgan fingerprint density at radius 1 is 1.23 bits per heavy atom. The Bertz CT molecular complexity index is 1130. The van der Waals surface area contributed by atoms with Crippen LogP contribution in [0.2, 0.25) is 0 Å². The van der Waals surface area contributed by atoms with Gasteiger partial charge in [0.15, 0.2) is 0 Å². The van der Waals surface area contributed by atoms with Crippen LogP contribution < -0.4 is 5.43 Å². The predicted octanol–water partition coefficient (Wildman–Crippen LogP) is 3.93. The summed E-state index contributed by atoms with van der Waals surface area (Å²) in [6.07, 6.45) is 4.87. The molecule has 1 atom stereocenters. The highest BCUT2D eigenvalue weighted by molar-refractivity contribution is 5.87. The van der Waals surface area contributed by atoms with Crippen LogP contribution in [-0.4, -0.2) is 34.7 Å². The molecule has 30 heavy (non-hydrogen) atoms. The molecular weight excluding hydrogens is 379 g/mol. The molecule has 0 bridgehead atoms. The van der Waals surface area contributed by atoms with Gasteiger partial charge in [0.25, 0.3) is 5.91 Å². The van der Waals surface area contributed by atoms with Crippen molar-refractivity contribution in [1.29, 1.82) is 0 Å². The molecule has 1 aromatic heterocycles. The first-order valence-corrected chi connectivity index (χ1v) is 10.5. The Labute approximate surface area is 175 Å². The molecule has 5 nitrogen and oxygen atoms in total. The van der Waals surface area contributed by atoms with Crippen LogP contribution in [0.1, 0.15) is 41.3 Å². The number of hydrogen-bond donors (Lipinski definition) is 1. The van der Waals surface area contributed by atoms with E-state index in [-0.39, 0.29) is 17.8 Å². The van der Waals surface area contributed by atoms with Crippen LogP contribution in [0.4, 0.5) is 4.39 Å². The van der Waals surface area contributed by atoms with E-state index in [1.165, 1.54) is 46.1 Å². The summed E-state index contributed by atoms with van der Waals surface area (Å²) >= 11 is 0. The maximum atomic E-state index is 13.0. The second kappa shape index (κ2) is 7.69. The van der Waals surface area contributed by atoms with E-state index in [0.29, 0.717) is 6.54 Å². The van der Waals surface area contributed by atoms with Crippen LogP contribution in [0.5, 0.6) is 0 Å². The SMILES string of the molecule is Cc1ccc2c(c1)c1c3n2CCN(CC(=O)NN=Cc2ccc(F)cc2)[C@H]3CCC1. The number of carbonyl (C=O) groups is 1. The highest BCUT2D eigenvalue weighted by atomic mass is 19.1. The summed E-state index contributed by atoms with van der Waals surface area (Å²) in [7, 11) is 0. The molecule has 2 heterocycles. The molecule has 0 fully saturated rings. The molecule has 154 valence electrons. The molecular formula is C24H25FN4O. The summed E-state index contributed by atoms with van der Waals surface area (Å²) in [6.45, 7) is 4.22. The fraction of sp³-hybridized carbons (Fsp3) is 0.333. The highest BCUT2D eigenvalue weighted by Gasteiger charge is 2.35. The van der Waals surface area contributed by atoms with Crippen molar-refractivity contribution < 1.29 is 9.18 Å². The number of aryl methyl sites for hydroxylation is 2. The van der Waals surface area contributed by atoms with E-state index < -0.39 is 0 Å². The average Bonchev–Trinajstić information content (AvgIpc) is 3.06. The lowest BCUT2D eigenvalue weighted by molar-refractivity contribution is -0.123. The van der Waals surface area contributed by atoms with Gasteiger partial charge in [0.1, 0.15) is 5.82 Å². The molecule has 0 radical (unpaired) electrons. The predicted molar refractivity (Wildman–Crippen MR) is 116 cm³/mol. The lowest BCUT2D eigenvalue weighted by Crippen LogP contribution is -2.44. The smallest absolute Gasteiger partial charge is 0.254 e. The van der Waals surface area contributed by atoms with Gasteiger partial charge in [0, 0.05) is 29.7 Å². The maximum absolute atomic E-state index is 13.0. The number of nitrogens with zero attached hydrogens (tertiary/aromatic N) is 3. The molecule has 0 unspecified atom stereocenters. The second-order valence-corrected chi connectivity index (χ2v) is 8.26. The number of halogens is 1. The molecule has 1 N–H and O–H groups in total. The van der Waals surface area contributed by atoms with Gasteiger partial charge in [0.05, 0.1) is 18.8 Å². The zero-order chi connectivity index (χ0) is 20.7. The van der Waals surface area contributed by atoms with Crippen molar-refractivity contribution >= 4 is 23.0 Å². The van der Waals surface area contributed by atoms with E-state index in [2.05, 4.69) is 45.1 Å². The molecule has 6 heteroatoms. The summed E-state index contributed by atoms with van der Waals surface area (Å²) in [4.78, 5) is 14.8. The van der Waals surface area contributed by atoms with Gasteiger partial charge in [-0.1, -0.05) is 23.8 Å². The number of rotatable bonds is 4. The molecule has 1 aliphatic heterocycles. The molecule has 0 saturated heterocycles. The van der Waals surface area contributed by atoms with Crippen LogP contribution in [0.25, 0.3) is 10.9 Å². The molecule has 1 aliphatic carbocycles. The number of amides is 1. The van der Waals surface area contributed by atoms with E-state index in [0.717, 1.165) is 37.9 Å². The van der Waals surface area contributed by atoms with E-state index in [1.54, 1.807) is 12.1 Å². The van der Waals surface area contributed by atoms with E-state index in [4.69, 9.17) is 0 Å². The van der Waals surface area contributed by atoms with Gasteiger partial charge >= 0.3 is 0 Å². The molecule has 1 amide bonds. The number of benzene rings is 2. The standard InChI is InChI=1S/C24H25FN4O/c1-16-5-10-21-20(13-16)19-3-2-4-22-24(19)29(21)12-11-28(22)15-23(30)27-26-14-17-6-8-18(25)9-7-17/h5-10,13-14,22H,2-4,11-12,15H2,1H3,(H,27,30)/t22-/m0/s1. The number of carbonyl (C=O) groups excluding carboxylic acids is 1. The third-order valence-electron chi connectivity index (χ3n) is 6.26. The number of nitrogens with one attached hydrogen (secondary N) is 1. The molecule has 3 aromatic rings. The third kappa shape index (κ3) is 3.41. The molecule has 5 rings (SSSR count). The molecule has 0 saturated carbocycles. The van der Waals surface area contributed by atoms with Crippen molar-refractivity contribution in [1.82, 2.24) is 14.9 Å². The lowest BCUT2D eigenvalue weighted by Gasteiger charge is -2.39. The van der Waals surface area contributed by atoms with Crippen molar-refractivity contribution in [3.05, 3.63) is 70.7 Å². The summed E-state index contributed by atoms with van der Waals surface area (Å²) in [5, 5.41) is 5.41. The second-order valence-electron chi connectivity index (χ2n) is 8.26. The summed E-state index contributed by atoms with van der Waals surface area (Å²) < 4.78 is 15.4. The van der Waals surface area contributed by atoms with Gasteiger partial charge < -0.3 is 4.57 Å². The van der Waals surface area contributed by atoms with Crippen LogP contribution in [0.15, 0.2) is 47.6 Å². The van der Waals surface area contributed by atoms with Crippen LogP contribution >= 0.6 is 0 Å². The first kappa shape index (κ1) is 19.0.